The van der Waals surface area contributed by atoms with Gasteiger partial charge in [0.25, 0.3) is 0 Å². The van der Waals surface area contributed by atoms with Gasteiger partial charge in [-0.1, -0.05) is 0 Å². The highest BCUT2D eigenvalue weighted by Gasteiger charge is 2.27. The van der Waals surface area contributed by atoms with Gasteiger partial charge in [-0.2, -0.15) is 0 Å². The van der Waals surface area contributed by atoms with Gasteiger partial charge in [0.1, 0.15) is 6.61 Å². The summed E-state index contributed by atoms with van der Waals surface area (Å²) in [6.07, 6.45) is 2.69. The molecule has 1 aliphatic carbocycles. The van der Waals surface area contributed by atoms with Crippen LogP contribution in [0.3, 0.4) is 0 Å². The first-order chi connectivity index (χ1) is 6.20. The lowest BCUT2D eigenvalue weighted by Crippen LogP contribution is -2.31. The average molecular weight is 186 g/mol. The fourth-order valence-corrected chi connectivity index (χ4v) is 1.29. The maximum atomic E-state index is 10.3. The molecule has 0 aromatic carbocycles. The Kier molecular flexibility index (Phi) is 4.18. The molecule has 1 saturated carbocycles. The van der Waals surface area contributed by atoms with Crippen LogP contribution >= 0.6 is 0 Å². The second kappa shape index (κ2) is 5.19. The van der Waals surface area contributed by atoms with E-state index >= 15 is 0 Å². The van der Waals surface area contributed by atoms with Crippen molar-refractivity contribution >= 4 is 5.91 Å². The zero-order valence-electron chi connectivity index (χ0n) is 8.08. The molecule has 13 heavy (non-hydrogen) atoms. The number of amides is 1. The van der Waals surface area contributed by atoms with Crippen molar-refractivity contribution in [1.29, 1.82) is 0 Å². The summed E-state index contributed by atoms with van der Waals surface area (Å²) in [6.45, 7) is 3.57. The number of hydrogen-bond acceptors (Lipinski definition) is 3. The van der Waals surface area contributed by atoms with Gasteiger partial charge >= 0.3 is 0 Å². The number of primary amides is 1. The van der Waals surface area contributed by atoms with Crippen LogP contribution in [-0.4, -0.2) is 31.7 Å². The van der Waals surface area contributed by atoms with Crippen molar-refractivity contribution in [2.24, 2.45) is 11.7 Å². The van der Waals surface area contributed by atoms with Gasteiger partial charge in [-0.3, -0.25) is 4.79 Å². The van der Waals surface area contributed by atoms with Gasteiger partial charge in [0, 0.05) is 12.6 Å². The highest BCUT2D eigenvalue weighted by Crippen LogP contribution is 2.32. The lowest BCUT2D eigenvalue weighted by atomic mass is 10.2. The van der Waals surface area contributed by atoms with Gasteiger partial charge in [0.2, 0.25) is 5.91 Å². The summed E-state index contributed by atoms with van der Waals surface area (Å²) in [5.41, 5.74) is 4.91. The Morgan fingerprint density at radius 2 is 2.38 bits per heavy atom. The van der Waals surface area contributed by atoms with E-state index in [0.29, 0.717) is 12.6 Å². The van der Waals surface area contributed by atoms with E-state index in [9.17, 15) is 4.79 Å². The predicted molar refractivity (Wildman–Crippen MR) is 50.2 cm³/mol. The molecule has 1 fully saturated rings. The van der Waals surface area contributed by atoms with Crippen LogP contribution in [0.1, 0.15) is 19.8 Å². The van der Waals surface area contributed by atoms with Crippen molar-refractivity contribution in [1.82, 2.24) is 5.32 Å². The van der Waals surface area contributed by atoms with E-state index in [4.69, 9.17) is 10.5 Å². The average Bonchev–Trinajstić information content (AvgIpc) is 2.85. The fourth-order valence-electron chi connectivity index (χ4n) is 1.29. The van der Waals surface area contributed by atoms with E-state index in [-0.39, 0.29) is 6.61 Å². The molecule has 1 atom stereocenters. The summed E-state index contributed by atoms with van der Waals surface area (Å²) in [5.74, 6) is 0.450. The van der Waals surface area contributed by atoms with Crippen molar-refractivity contribution < 1.29 is 9.53 Å². The second-order valence-electron chi connectivity index (χ2n) is 3.60. The summed E-state index contributed by atoms with van der Waals surface area (Å²) >= 11 is 0. The Labute approximate surface area is 78.8 Å². The summed E-state index contributed by atoms with van der Waals surface area (Å²) in [6, 6.07) is 0.581. The van der Waals surface area contributed by atoms with Gasteiger partial charge in [0.05, 0.1) is 6.61 Å². The monoisotopic (exact) mass is 186 g/mol. The predicted octanol–water partition coefficient (Wildman–Crippen LogP) is -0.124. The summed E-state index contributed by atoms with van der Waals surface area (Å²) < 4.78 is 5.01. The Morgan fingerprint density at radius 3 is 2.92 bits per heavy atom. The minimum Gasteiger partial charge on any atom is -0.370 e. The third-order valence-corrected chi connectivity index (χ3v) is 2.29. The molecule has 0 aromatic rings. The number of nitrogens with two attached hydrogens (primary N) is 1. The van der Waals surface area contributed by atoms with Gasteiger partial charge in [-0.25, -0.2) is 0 Å². The summed E-state index contributed by atoms with van der Waals surface area (Å²) in [7, 11) is 0. The third kappa shape index (κ3) is 4.85. The van der Waals surface area contributed by atoms with Crippen LogP contribution < -0.4 is 11.1 Å². The molecule has 1 amide bonds. The van der Waals surface area contributed by atoms with E-state index in [1.165, 1.54) is 12.8 Å². The van der Waals surface area contributed by atoms with Crippen molar-refractivity contribution in [3.05, 3.63) is 0 Å². The van der Waals surface area contributed by atoms with Gasteiger partial charge < -0.3 is 15.8 Å². The number of hydrogen-bond donors (Lipinski definition) is 2. The second-order valence-corrected chi connectivity index (χ2v) is 3.60. The Bertz CT molecular complexity index is 169. The SMILES string of the molecule is CC(NCCOCC(N)=O)C1CC1. The largest absolute Gasteiger partial charge is 0.370 e. The van der Waals surface area contributed by atoms with Crippen LogP contribution in [0.4, 0.5) is 0 Å². The molecular formula is C9H18N2O2. The van der Waals surface area contributed by atoms with E-state index in [1.54, 1.807) is 0 Å². The van der Waals surface area contributed by atoms with E-state index < -0.39 is 5.91 Å². The first-order valence-electron chi connectivity index (χ1n) is 4.79. The molecule has 1 aliphatic rings. The van der Waals surface area contributed by atoms with Crippen LogP contribution in [0.5, 0.6) is 0 Å². The standard InChI is InChI=1S/C9H18N2O2/c1-7(8-2-3-8)11-4-5-13-6-9(10)12/h7-8,11H,2-6H2,1H3,(H2,10,12). The van der Waals surface area contributed by atoms with Gasteiger partial charge in [0.15, 0.2) is 0 Å². The van der Waals surface area contributed by atoms with Crippen LogP contribution in [0, 0.1) is 5.92 Å². The van der Waals surface area contributed by atoms with E-state index in [2.05, 4.69) is 12.2 Å². The quantitative estimate of drug-likeness (QED) is 0.545. The molecule has 0 radical (unpaired) electrons. The Morgan fingerprint density at radius 1 is 1.69 bits per heavy atom. The zero-order chi connectivity index (χ0) is 9.68. The van der Waals surface area contributed by atoms with Crippen molar-refractivity contribution in [2.45, 2.75) is 25.8 Å². The number of carbonyl (C=O) groups excluding carboxylic acids is 1. The molecule has 1 unspecified atom stereocenters. The van der Waals surface area contributed by atoms with Gasteiger partial charge in [-0.15, -0.1) is 0 Å². The molecule has 0 bridgehead atoms. The minimum absolute atomic E-state index is 0.0273. The van der Waals surface area contributed by atoms with Gasteiger partial charge in [-0.05, 0) is 25.7 Å². The topological polar surface area (TPSA) is 64.3 Å². The van der Waals surface area contributed by atoms with Crippen LogP contribution in [0.2, 0.25) is 0 Å². The first kappa shape index (κ1) is 10.5. The molecule has 76 valence electrons. The molecule has 0 heterocycles. The molecule has 0 spiro atoms. The molecule has 4 heteroatoms. The number of nitrogens with one attached hydrogen (secondary N) is 1. The number of carbonyl (C=O) groups is 1. The summed E-state index contributed by atoms with van der Waals surface area (Å²) in [5, 5.41) is 3.34. The lowest BCUT2D eigenvalue weighted by Gasteiger charge is -2.11. The lowest BCUT2D eigenvalue weighted by molar-refractivity contribution is -0.122. The molecule has 4 nitrogen and oxygen atoms in total. The Hall–Kier alpha value is -0.610. The normalized spacial score (nSPS) is 18.5. The maximum absolute atomic E-state index is 10.3. The van der Waals surface area contributed by atoms with Crippen molar-refractivity contribution in [3.63, 3.8) is 0 Å². The van der Waals surface area contributed by atoms with Crippen molar-refractivity contribution in [3.8, 4) is 0 Å². The zero-order valence-corrected chi connectivity index (χ0v) is 8.08. The Balaban J connectivity index is 1.85. The number of ether oxygens (including phenoxy) is 1. The summed E-state index contributed by atoms with van der Waals surface area (Å²) in [4.78, 5) is 10.3. The fraction of sp³-hybridized carbons (Fsp3) is 0.889. The first-order valence-corrected chi connectivity index (χ1v) is 4.79. The smallest absolute Gasteiger partial charge is 0.243 e. The van der Waals surface area contributed by atoms with Crippen LogP contribution in [0.25, 0.3) is 0 Å². The molecule has 1 rings (SSSR count). The van der Waals surface area contributed by atoms with Crippen molar-refractivity contribution in [2.75, 3.05) is 19.8 Å². The number of rotatable bonds is 7. The molecule has 0 aromatic heterocycles. The maximum Gasteiger partial charge on any atom is 0.243 e. The molecule has 0 aliphatic heterocycles. The van der Waals surface area contributed by atoms with Crippen LogP contribution in [0.15, 0.2) is 0 Å². The highest BCUT2D eigenvalue weighted by molar-refractivity contribution is 5.74. The third-order valence-electron chi connectivity index (χ3n) is 2.29. The molecular weight excluding hydrogens is 168 g/mol. The highest BCUT2D eigenvalue weighted by atomic mass is 16.5. The van der Waals surface area contributed by atoms with E-state index in [1.807, 2.05) is 0 Å². The minimum atomic E-state index is -0.407. The molecule has 0 saturated heterocycles. The van der Waals surface area contributed by atoms with Crippen LogP contribution in [-0.2, 0) is 9.53 Å². The van der Waals surface area contributed by atoms with E-state index in [0.717, 1.165) is 12.5 Å². The molecule has 3 N–H and O–H groups in total.